The zero-order chi connectivity index (χ0) is 7.94. The predicted molar refractivity (Wildman–Crippen MR) is 42.9 cm³/mol. The van der Waals surface area contributed by atoms with Crippen molar-refractivity contribution in [3.8, 4) is 0 Å². The van der Waals surface area contributed by atoms with E-state index in [1.165, 1.54) is 0 Å². The highest BCUT2D eigenvalue weighted by Crippen LogP contribution is 1.94. The van der Waals surface area contributed by atoms with Gasteiger partial charge in [0.2, 0.25) is 0 Å². The summed E-state index contributed by atoms with van der Waals surface area (Å²) in [6, 6.07) is 5.75. The Morgan fingerprint density at radius 3 is 3.00 bits per heavy atom. The van der Waals surface area contributed by atoms with E-state index >= 15 is 0 Å². The third kappa shape index (κ3) is 3.11. The molecule has 0 atom stereocenters. The molecule has 0 saturated heterocycles. The molecule has 0 fully saturated rings. The van der Waals surface area contributed by atoms with Crippen LogP contribution in [0.2, 0.25) is 0 Å². The fraction of sp³-hybridized carbons (Fsp3) is 0.375. The molecule has 0 aliphatic carbocycles. The highest BCUT2D eigenvalue weighted by atomic mass is 16.5. The average molecular weight is 152 g/mol. The number of aromatic nitrogens is 1. The Kier molecular flexibility index (Phi) is 3.58. The zero-order valence-electron chi connectivity index (χ0n) is 6.36. The number of ether oxygens (including phenoxy) is 1. The topological polar surface area (TPSA) is 48.1 Å². The van der Waals surface area contributed by atoms with E-state index in [1.54, 1.807) is 6.20 Å². The van der Waals surface area contributed by atoms with Gasteiger partial charge in [0.1, 0.15) is 0 Å². The van der Waals surface area contributed by atoms with Gasteiger partial charge in [0.25, 0.3) is 0 Å². The quantitative estimate of drug-likeness (QED) is 0.641. The minimum atomic E-state index is 0.554. The summed E-state index contributed by atoms with van der Waals surface area (Å²) in [5, 5.41) is 0. The van der Waals surface area contributed by atoms with E-state index in [1.807, 2.05) is 18.2 Å². The second kappa shape index (κ2) is 4.82. The van der Waals surface area contributed by atoms with Gasteiger partial charge >= 0.3 is 0 Å². The Morgan fingerprint density at radius 2 is 2.36 bits per heavy atom. The smallest absolute Gasteiger partial charge is 0.0888 e. The van der Waals surface area contributed by atoms with Crippen molar-refractivity contribution in [1.82, 2.24) is 4.98 Å². The molecule has 1 aromatic heterocycles. The van der Waals surface area contributed by atoms with Crippen molar-refractivity contribution in [1.29, 1.82) is 0 Å². The van der Waals surface area contributed by atoms with E-state index in [-0.39, 0.29) is 0 Å². The molecule has 11 heavy (non-hydrogen) atoms. The highest BCUT2D eigenvalue weighted by Gasteiger charge is 1.90. The van der Waals surface area contributed by atoms with E-state index < -0.39 is 0 Å². The third-order valence-electron chi connectivity index (χ3n) is 1.24. The first-order chi connectivity index (χ1) is 5.43. The normalized spacial score (nSPS) is 9.91. The Morgan fingerprint density at radius 1 is 1.45 bits per heavy atom. The molecule has 1 aromatic rings. The van der Waals surface area contributed by atoms with Gasteiger partial charge in [-0.25, -0.2) is 0 Å². The van der Waals surface area contributed by atoms with Crippen molar-refractivity contribution >= 4 is 0 Å². The number of hydrogen-bond acceptors (Lipinski definition) is 3. The van der Waals surface area contributed by atoms with Gasteiger partial charge in [0.05, 0.1) is 18.9 Å². The van der Waals surface area contributed by atoms with Crippen molar-refractivity contribution in [3.05, 3.63) is 30.1 Å². The molecule has 3 heteroatoms. The Balaban J connectivity index is 2.28. The van der Waals surface area contributed by atoms with Crippen LogP contribution in [0.4, 0.5) is 0 Å². The summed E-state index contributed by atoms with van der Waals surface area (Å²) in [5.74, 6) is 0. The number of nitrogens with two attached hydrogens (primary N) is 1. The minimum absolute atomic E-state index is 0.554. The zero-order valence-corrected chi connectivity index (χ0v) is 6.36. The number of rotatable bonds is 4. The van der Waals surface area contributed by atoms with Crippen LogP contribution in [-0.4, -0.2) is 18.1 Å². The summed E-state index contributed by atoms with van der Waals surface area (Å²) < 4.78 is 5.18. The standard InChI is InChI=1S/C8H12N2O/c9-4-6-11-7-8-3-1-2-5-10-8/h1-3,5H,4,6-7,9H2. The van der Waals surface area contributed by atoms with Crippen LogP contribution in [-0.2, 0) is 11.3 Å². The molecule has 0 amide bonds. The van der Waals surface area contributed by atoms with Crippen LogP contribution in [0.5, 0.6) is 0 Å². The fourth-order valence-electron chi connectivity index (χ4n) is 0.744. The number of nitrogens with zero attached hydrogens (tertiary/aromatic N) is 1. The molecule has 3 nitrogen and oxygen atoms in total. The average Bonchev–Trinajstić information content (AvgIpc) is 2.07. The maximum absolute atomic E-state index is 5.25. The summed E-state index contributed by atoms with van der Waals surface area (Å²) in [6.45, 7) is 1.71. The second-order valence-electron chi connectivity index (χ2n) is 2.16. The second-order valence-corrected chi connectivity index (χ2v) is 2.16. The molecule has 0 radical (unpaired) electrons. The Labute approximate surface area is 66.2 Å². The predicted octanol–water partition coefficient (Wildman–Crippen LogP) is 0.557. The van der Waals surface area contributed by atoms with Gasteiger partial charge in [-0.05, 0) is 12.1 Å². The number of pyridine rings is 1. The fourth-order valence-corrected chi connectivity index (χ4v) is 0.744. The van der Waals surface area contributed by atoms with Crippen LogP contribution in [0, 0.1) is 0 Å². The molecular formula is C8H12N2O. The lowest BCUT2D eigenvalue weighted by molar-refractivity contribution is 0.125. The first kappa shape index (κ1) is 8.17. The van der Waals surface area contributed by atoms with Crippen LogP contribution in [0.25, 0.3) is 0 Å². The van der Waals surface area contributed by atoms with E-state index in [9.17, 15) is 0 Å². The molecule has 0 saturated carbocycles. The van der Waals surface area contributed by atoms with Crippen molar-refractivity contribution in [2.45, 2.75) is 6.61 Å². The molecule has 1 heterocycles. The molecule has 1 rings (SSSR count). The van der Waals surface area contributed by atoms with Crippen LogP contribution in [0.15, 0.2) is 24.4 Å². The van der Waals surface area contributed by atoms with E-state index in [0.717, 1.165) is 5.69 Å². The molecule has 0 unspecified atom stereocenters. The lowest BCUT2D eigenvalue weighted by Gasteiger charge is -1.99. The molecule has 2 N–H and O–H groups in total. The lowest BCUT2D eigenvalue weighted by atomic mass is 10.4. The summed E-state index contributed by atoms with van der Waals surface area (Å²) >= 11 is 0. The SMILES string of the molecule is NCCOCc1ccccn1. The molecule has 60 valence electrons. The van der Waals surface area contributed by atoms with E-state index in [4.69, 9.17) is 10.5 Å². The van der Waals surface area contributed by atoms with Crippen molar-refractivity contribution in [2.75, 3.05) is 13.2 Å². The first-order valence-corrected chi connectivity index (χ1v) is 3.61. The van der Waals surface area contributed by atoms with E-state index in [0.29, 0.717) is 19.8 Å². The van der Waals surface area contributed by atoms with Gasteiger partial charge in [0.15, 0.2) is 0 Å². The van der Waals surface area contributed by atoms with Gasteiger partial charge in [-0.3, -0.25) is 4.98 Å². The van der Waals surface area contributed by atoms with Crippen LogP contribution in [0.1, 0.15) is 5.69 Å². The van der Waals surface area contributed by atoms with Crippen LogP contribution in [0.3, 0.4) is 0 Å². The molecule has 0 aliphatic heterocycles. The maximum Gasteiger partial charge on any atom is 0.0888 e. The molecule has 0 aromatic carbocycles. The molecule has 0 aliphatic rings. The van der Waals surface area contributed by atoms with Gasteiger partial charge in [-0.2, -0.15) is 0 Å². The summed E-state index contributed by atoms with van der Waals surface area (Å²) in [7, 11) is 0. The first-order valence-electron chi connectivity index (χ1n) is 3.61. The number of hydrogen-bond donors (Lipinski definition) is 1. The molecule has 0 spiro atoms. The van der Waals surface area contributed by atoms with Gasteiger partial charge < -0.3 is 10.5 Å². The summed E-state index contributed by atoms with van der Waals surface area (Å²) in [5.41, 5.74) is 6.19. The Hall–Kier alpha value is -0.930. The highest BCUT2D eigenvalue weighted by molar-refractivity contribution is 5.01. The largest absolute Gasteiger partial charge is 0.374 e. The van der Waals surface area contributed by atoms with Crippen LogP contribution >= 0.6 is 0 Å². The summed E-state index contributed by atoms with van der Waals surface area (Å²) in [4.78, 5) is 4.08. The van der Waals surface area contributed by atoms with Crippen molar-refractivity contribution in [2.24, 2.45) is 5.73 Å². The Bertz CT molecular complexity index is 189. The minimum Gasteiger partial charge on any atom is -0.374 e. The van der Waals surface area contributed by atoms with Crippen LogP contribution < -0.4 is 5.73 Å². The van der Waals surface area contributed by atoms with E-state index in [2.05, 4.69) is 4.98 Å². The lowest BCUT2D eigenvalue weighted by Crippen LogP contribution is -2.08. The van der Waals surface area contributed by atoms with Crippen molar-refractivity contribution < 1.29 is 4.74 Å². The van der Waals surface area contributed by atoms with Gasteiger partial charge in [0, 0.05) is 12.7 Å². The van der Waals surface area contributed by atoms with Gasteiger partial charge in [-0.1, -0.05) is 6.07 Å². The molecular weight excluding hydrogens is 140 g/mol. The maximum atomic E-state index is 5.25. The van der Waals surface area contributed by atoms with Crippen molar-refractivity contribution in [3.63, 3.8) is 0 Å². The monoisotopic (exact) mass is 152 g/mol. The third-order valence-corrected chi connectivity index (χ3v) is 1.24. The molecule has 0 bridgehead atoms. The van der Waals surface area contributed by atoms with Gasteiger partial charge in [-0.15, -0.1) is 0 Å². The summed E-state index contributed by atoms with van der Waals surface area (Å²) in [6.07, 6.45) is 1.75.